The average molecular weight is 277 g/mol. The van der Waals surface area contributed by atoms with Crippen molar-refractivity contribution in [2.24, 2.45) is 5.92 Å². The maximum absolute atomic E-state index is 5.75. The third kappa shape index (κ3) is 4.80. The van der Waals surface area contributed by atoms with Crippen LogP contribution < -0.4 is 10.2 Å². The van der Waals surface area contributed by atoms with Crippen LogP contribution >= 0.6 is 0 Å². The fourth-order valence-corrected chi connectivity index (χ4v) is 2.39. The second kappa shape index (κ2) is 7.65. The van der Waals surface area contributed by atoms with Crippen LogP contribution in [0.15, 0.2) is 24.3 Å². The lowest BCUT2D eigenvalue weighted by Crippen LogP contribution is -2.24. The van der Waals surface area contributed by atoms with Gasteiger partial charge in [0.2, 0.25) is 0 Å². The van der Waals surface area contributed by atoms with Crippen LogP contribution in [0.4, 0.5) is 0 Å². The zero-order chi connectivity index (χ0) is 14.4. The second-order valence-electron chi connectivity index (χ2n) is 6.14. The third-order valence-electron chi connectivity index (χ3n) is 3.68. The Hall–Kier alpha value is -1.06. The molecular weight excluding hydrogens is 250 g/mol. The summed E-state index contributed by atoms with van der Waals surface area (Å²) in [6.45, 7) is 7.19. The first-order valence-corrected chi connectivity index (χ1v) is 7.79. The monoisotopic (exact) mass is 277 g/mol. The van der Waals surface area contributed by atoms with E-state index in [1.165, 1.54) is 31.2 Å². The van der Waals surface area contributed by atoms with Gasteiger partial charge in [-0.05, 0) is 43.4 Å². The third-order valence-corrected chi connectivity index (χ3v) is 3.68. The van der Waals surface area contributed by atoms with E-state index in [0.29, 0.717) is 12.0 Å². The molecule has 1 aromatic carbocycles. The minimum atomic E-state index is 0.203. The minimum Gasteiger partial charge on any atom is -0.493 e. The molecule has 1 aromatic rings. The van der Waals surface area contributed by atoms with Crippen molar-refractivity contribution in [3.63, 3.8) is 0 Å². The highest BCUT2D eigenvalue weighted by Gasteiger charge is 2.16. The number of hydroxylamine groups is 1. The zero-order valence-corrected chi connectivity index (χ0v) is 12.9. The molecule has 0 radical (unpaired) electrons. The van der Waals surface area contributed by atoms with Crippen LogP contribution in [0.3, 0.4) is 0 Å². The van der Waals surface area contributed by atoms with Crippen molar-refractivity contribution in [2.75, 3.05) is 6.61 Å². The van der Waals surface area contributed by atoms with Gasteiger partial charge in [-0.25, -0.2) is 0 Å². The predicted octanol–water partition coefficient (Wildman–Crippen LogP) is 4.25. The van der Waals surface area contributed by atoms with Gasteiger partial charge in [0.15, 0.2) is 0 Å². The molecule has 1 saturated carbocycles. The molecule has 0 saturated heterocycles. The zero-order valence-electron chi connectivity index (χ0n) is 12.9. The molecule has 1 fully saturated rings. The lowest BCUT2D eigenvalue weighted by atomic mass is 10.1. The van der Waals surface area contributed by atoms with Crippen LogP contribution in [-0.2, 0) is 4.84 Å². The summed E-state index contributed by atoms with van der Waals surface area (Å²) in [7, 11) is 0. The van der Waals surface area contributed by atoms with E-state index in [4.69, 9.17) is 9.57 Å². The van der Waals surface area contributed by atoms with E-state index in [-0.39, 0.29) is 6.04 Å². The topological polar surface area (TPSA) is 30.5 Å². The molecule has 0 aromatic heterocycles. The van der Waals surface area contributed by atoms with Crippen LogP contribution in [0, 0.1) is 5.92 Å². The van der Waals surface area contributed by atoms with Crippen LogP contribution in [0.2, 0.25) is 0 Å². The maximum Gasteiger partial charge on any atom is 0.119 e. The first-order valence-electron chi connectivity index (χ1n) is 7.79. The van der Waals surface area contributed by atoms with Crippen LogP contribution in [-0.4, -0.2) is 12.7 Å². The van der Waals surface area contributed by atoms with Crippen molar-refractivity contribution < 1.29 is 9.57 Å². The van der Waals surface area contributed by atoms with E-state index in [0.717, 1.165) is 12.4 Å². The Morgan fingerprint density at radius 3 is 2.35 bits per heavy atom. The van der Waals surface area contributed by atoms with Crippen molar-refractivity contribution in [1.82, 2.24) is 5.48 Å². The van der Waals surface area contributed by atoms with Crippen molar-refractivity contribution in [2.45, 2.75) is 58.6 Å². The Morgan fingerprint density at radius 1 is 1.10 bits per heavy atom. The fraction of sp³-hybridized carbons (Fsp3) is 0.647. The summed E-state index contributed by atoms with van der Waals surface area (Å²) in [5, 5.41) is 0. The molecule has 1 unspecified atom stereocenters. The first-order chi connectivity index (χ1) is 9.65. The predicted molar refractivity (Wildman–Crippen MR) is 81.7 cm³/mol. The van der Waals surface area contributed by atoms with E-state index in [1.807, 2.05) is 12.1 Å². The summed E-state index contributed by atoms with van der Waals surface area (Å²) in [6.07, 6.45) is 5.35. The first kappa shape index (κ1) is 15.3. The molecule has 20 heavy (non-hydrogen) atoms. The maximum atomic E-state index is 5.75. The highest BCUT2D eigenvalue weighted by molar-refractivity contribution is 5.28. The van der Waals surface area contributed by atoms with E-state index >= 15 is 0 Å². The highest BCUT2D eigenvalue weighted by Crippen LogP contribution is 2.22. The summed E-state index contributed by atoms with van der Waals surface area (Å²) in [4.78, 5) is 5.75. The van der Waals surface area contributed by atoms with E-state index in [1.54, 1.807) is 0 Å². The van der Waals surface area contributed by atoms with Crippen LogP contribution in [0.5, 0.6) is 5.75 Å². The van der Waals surface area contributed by atoms with Gasteiger partial charge in [-0.2, -0.15) is 5.48 Å². The van der Waals surface area contributed by atoms with Gasteiger partial charge in [-0.15, -0.1) is 0 Å². The second-order valence-corrected chi connectivity index (χ2v) is 6.14. The molecule has 1 N–H and O–H groups in total. The molecule has 0 spiro atoms. The van der Waals surface area contributed by atoms with Gasteiger partial charge in [0.1, 0.15) is 5.75 Å². The molecule has 2 rings (SSSR count). The van der Waals surface area contributed by atoms with Crippen LogP contribution in [0.1, 0.15) is 58.1 Å². The Morgan fingerprint density at radius 2 is 1.75 bits per heavy atom. The molecule has 0 amide bonds. The van der Waals surface area contributed by atoms with Crippen LogP contribution in [0.25, 0.3) is 0 Å². The number of hydrogen-bond acceptors (Lipinski definition) is 3. The molecule has 3 nitrogen and oxygen atoms in total. The molecule has 112 valence electrons. The number of benzene rings is 1. The fourth-order valence-electron chi connectivity index (χ4n) is 2.39. The largest absolute Gasteiger partial charge is 0.493 e. The number of ether oxygens (including phenoxy) is 1. The Bertz CT molecular complexity index is 382. The average Bonchev–Trinajstić information content (AvgIpc) is 2.96. The summed E-state index contributed by atoms with van der Waals surface area (Å²) in [5.41, 5.74) is 4.39. The lowest BCUT2D eigenvalue weighted by Gasteiger charge is -2.18. The highest BCUT2D eigenvalue weighted by atomic mass is 16.7. The molecule has 3 heteroatoms. The summed E-state index contributed by atoms with van der Waals surface area (Å²) < 4.78 is 5.69. The lowest BCUT2D eigenvalue weighted by molar-refractivity contribution is -0.0376. The van der Waals surface area contributed by atoms with E-state index < -0.39 is 0 Å². The molecular formula is C17H27NO2. The molecule has 0 heterocycles. The number of nitrogens with one attached hydrogen (secondary N) is 1. The standard InChI is InChI=1S/C17H27NO2/c1-13(2)12-19-16-10-8-15(9-11-16)14(3)18-20-17-6-4-5-7-17/h8-11,13-14,17-18H,4-7,12H2,1-3H3. The van der Waals surface area contributed by atoms with Gasteiger partial charge in [-0.3, -0.25) is 4.84 Å². The van der Waals surface area contributed by atoms with Gasteiger partial charge in [0, 0.05) is 0 Å². The summed E-state index contributed by atoms with van der Waals surface area (Å²) in [5.74, 6) is 1.49. The normalized spacial score (nSPS) is 17.6. The summed E-state index contributed by atoms with van der Waals surface area (Å²) >= 11 is 0. The molecule has 0 bridgehead atoms. The van der Waals surface area contributed by atoms with E-state index in [2.05, 4.69) is 38.4 Å². The summed E-state index contributed by atoms with van der Waals surface area (Å²) in [6, 6.07) is 8.47. The molecule has 1 aliphatic rings. The Kier molecular flexibility index (Phi) is 5.86. The van der Waals surface area contributed by atoms with Gasteiger partial charge in [0.25, 0.3) is 0 Å². The molecule has 1 aliphatic carbocycles. The van der Waals surface area contributed by atoms with Gasteiger partial charge < -0.3 is 4.74 Å². The van der Waals surface area contributed by atoms with Crippen molar-refractivity contribution in [3.05, 3.63) is 29.8 Å². The minimum absolute atomic E-state index is 0.203. The van der Waals surface area contributed by atoms with Crippen molar-refractivity contribution >= 4 is 0 Å². The molecule has 1 atom stereocenters. The van der Waals surface area contributed by atoms with Gasteiger partial charge >= 0.3 is 0 Å². The van der Waals surface area contributed by atoms with Gasteiger partial charge in [-0.1, -0.05) is 38.8 Å². The molecule has 0 aliphatic heterocycles. The number of rotatable bonds is 7. The van der Waals surface area contributed by atoms with Gasteiger partial charge in [0.05, 0.1) is 18.8 Å². The SMILES string of the molecule is CC(C)COc1ccc(C(C)NOC2CCCC2)cc1. The van der Waals surface area contributed by atoms with E-state index in [9.17, 15) is 0 Å². The Balaban J connectivity index is 1.78. The van der Waals surface area contributed by atoms with Crippen molar-refractivity contribution in [1.29, 1.82) is 0 Å². The quantitative estimate of drug-likeness (QED) is 0.756. The Labute approximate surface area is 122 Å². The number of hydrogen-bond donors (Lipinski definition) is 1. The smallest absolute Gasteiger partial charge is 0.119 e. The van der Waals surface area contributed by atoms with Crippen molar-refractivity contribution in [3.8, 4) is 5.75 Å².